The summed E-state index contributed by atoms with van der Waals surface area (Å²) in [5, 5.41) is 0. The van der Waals surface area contributed by atoms with Gasteiger partial charge in [0, 0.05) is 16.2 Å². The Kier molecular flexibility index (Phi) is 3.06. The highest BCUT2D eigenvalue weighted by molar-refractivity contribution is 9.10. The summed E-state index contributed by atoms with van der Waals surface area (Å²) >= 11 is 3.45. The van der Waals surface area contributed by atoms with Crippen LogP contribution in [0.1, 0.15) is 37.2 Å². The summed E-state index contributed by atoms with van der Waals surface area (Å²) in [6.45, 7) is 0. The molecule has 1 aliphatic carbocycles. The third kappa shape index (κ3) is 1.92. The Morgan fingerprint density at radius 3 is 2.79 bits per heavy atom. The van der Waals surface area contributed by atoms with Crippen LogP contribution in [0.2, 0.25) is 0 Å². The second kappa shape index (κ2) is 4.30. The Morgan fingerprint density at radius 1 is 1.43 bits per heavy atom. The van der Waals surface area contributed by atoms with E-state index in [9.17, 15) is 0 Å². The van der Waals surface area contributed by atoms with Gasteiger partial charge in [0.15, 0.2) is 0 Å². The normalized spacial score (nSPS) is 17.3. The summed E-state index contributed by atoms with van der Waals surface area (Å²) in [6, 6.07) is 2.14. The number of aromatic nitrogens is 1. The first kappa shape index (κ1) is 9.97. The van der Waals surface area contributed by atoms with Gasteiger partial charge in [-0.25, -0.2) is 4.98 Å². The zero-order valence-electron chi connectivity index (χ0n) is 8.29. The largest absolute Gasteiger partial charge is 0.481 e. The van der Waals surface area contributed by atoms with Crippen molar-refractivity contribution in [3.05, 3.63) is 22.3 Å². The van der Waals surface area contributed by atoms with Gasteiger partial charge >= 0.3 is 0 Å². The average molecular weight is 256 g/mol. The molecule has 1 aromatic rings. The van der Waals surface area contributed by atoms with Crippen molar-refractivity contribution in [3.8, 4) is 5.88 Å². The Hall–Kier alpha value is -0.570. The van der Waals surface area contributed by atoms with Gasteiger partial charge in [-0.2, -0.15) is 0 Å². The topological polar surface area (TPSA) is 22.1 Å². The molecule has 0 atom stereocenters. The van der Waals surface area contributed by atoms with E-state index in [1.54, 1.807) is 13.3 Å². The molecule has 76 valence electrons. The minimum atomic E-state index is 0.648. The maximum atomic E-state index is 5.28. The van der Waals surface area contributed by atoms with Gasteiger partial charge in [0.1, 0.15) is 0 Å². The summed E-state index contributed by atoms with van der Waals surface area (Å²) in [4.78, 5) is 4.27. The maximum absolute atomic E-state index is 5.28. The molecular formula is C11H14BrNO. The smallest absolute Gasteiger partial charge is 0.216 e. The minimum absolute atomic E-state index is 0.648. The number of methoxy groups -OCH3 is 1. The van der Waals surface area contributed by atoms with Crippen LogP contribution >= 0.6 is 15.9 Å². The van der Waals surface area contributed by atoms with E-state index in [0.29, 0.717) is 5.92 Å². The second-order valence-corrected chi connectivity index (χ2v) is 4.65. The Bertz CT molecular complexity index is 321. The van der Waals surface area contributed by atoms with E-state index in [-0.39, 0.29) is 0 Å². The van der Waals surface area contributed by atoms with E-state index in [4.69, 9.17) is 4.74 Å². The minimum Gasteiger partial charge on any atom is -0.481 e. The summed E-state index contributed by atoms with van der Waals surface area (Å²) in [5.74, 6) is 1.44. The van der Waals surface area contributed by atoms with Crippen LogP contribution in [0, 0.1) is 0 Å². The Balaban J connectivity index is 2.33. The fourth-order valence-electron chi connectivity index (χ4n) is 2.14. The number of hydrogen-bond donors (Lipinski definition) is 0. The van der Waals surface area contributed by atoms with Gasteiger partial charge in [0.25, 0.3) is 0 Å². The van der Waals surface area contributed by atoms with Crippen molar-refractivity contribution in [3.63, 3.8) is 0 Å². The van der Waals surface area contributed by atoms with Crippen molar-refractivity contribution in [2.24, 2.45) is 0 Å². The molecule has 1 saturated carbocycles. The van der Waals surface area contributed by atoms with Crippen LogP contribution in [0.15, 0.2) is 16.7 Å². The van der Waals surface area contributed by atoms with Crippen molar-refractivity contribution >= 4 is 15.9 Å². The zero-order chi connectivity index (χ0) is 9.97. The Morgan fingerprint density at radius 2 is 2.14 bits per heavy atom. The molecule has 0 aliphatic heterocycles. The molecule has 0 radical (unpaired) electrons. The number of hydrogen-bond acceptors (Lipinski definition) is 2. The zero-order valence-corrected chi connectivity index (χ0v) is 9.88. The first-order chi connectivity index (χ1) is 6.81. The summed E-state index contributed by atoms with van der Waals surface area (Å²) in [7, 11) is 1.69. The number of ether oxygens (including phenoxy) is 1. The molecule has 0 bridgehead atoms. The van der Waals surface area contributed by atoms with E-state index >= 15 is 0 Å². The van der Waals surface area contributed by atoms with Gasteiger partial charge in [0.05, 0.1) is 7.11 Å². The predicted molar refractivity (Wildman–Crippen MR) is 59.7 cm³/mol. The van der Waals surface area contributed by atoms with Crippen molar-refractivity contribution in [2.75, 3.05) is 7.11 Å². The van der Waals surface area contributed by atoms with E-state index in [2.05, 4.69) is 27.0 Å². The van der Waals surface area contributed by atoms with Crippen molar-refractivity contribution in [1.29, 1.82) is 0 Å². The van der Waals surface area contributed by atoms with Gasteiger partial charge < -0.3 is 4.74 Å². The maximum Gasteiger partial charge on any atom is 0.216 e. The second-order valence-electron chi connectivity index (χ2n) is 3.73. The van der Waals surface area contributed by atoms with Gasteiger partial charge in [-0.05, 0) is 40.8 Å². The first-order valence-electron chi connectivity index (χ1n) is 5.00. The lowest BCUT2D eigenvalue weighted by molar-refractivity contribution is 0.388. The summed E-state index contributed by atoms with van der Waals surface area (Å²) in [5.41, 5.74) is 1.26. The lowest BCUT2D eigenvalue weighted by atomic mass is 9.99. The molecule has 14 heavy (non-hydrogen) atoms. The molecule has 1 aromatic heterocycles. The molecule has 1 fully saturated rings. The standard InChI is InChI=1S/C11H14BrNO/c1-14-11-10(6-9(12)7-13-11)8-4-2-3-5-8/h6-8H,2-5H2,1H3. The monoisotopic (exact) mass is 255 g/mol. The molecular weight excluding hydrogens is 242 g/mol. The molecule has 2 nitrogen and oxygen atoms in total. The van der Waals surface area contributed by atoms with Crippen LogP contribution < -0.4 is 4.74 Å². The van der Waals surface area contributed by atoms with Gasteiger partial charge in [-0.3, -0.25) is 0 Å². The third-order valence-electron chi connectivity index (χ3n) is 2.83. The van der Waals surface area contributed by atoms with Crippen molar-refractivity contribution in [2.45, 2.75) is 31.6 Å². The average Bonchev–Trinajstić information content (AvgIpc) is 2.70. The van der Waals surface area contributed by atoms with E-state index < -0.39 is 0 Å². The van der Waals surface area contributed by atoms with Crippen molar-refractivity contribution in [1.82, 2.24) is 4.98 Å². The molecule has 3 heteroatoms. The SMILES string of the molecule is COc1ncc(Br)cc1C1CCCC1. The van der Waals surface area contributed by atoms with Gasteiger partial charge in [-0.1, -0.05) is 12.8 Å². The lowest BCUT2D eigenvalue weighted by Crippen LogP contribution is -1.99. The molecule has 0 aromatic carbocycles. The van der Waals surface area contributed by atoms with Crippen LogP contribution in [0.3, 0.4) is 0 Å². The van der Waals surface area contributed by atoms with E-state index in [1.165, 1.54) is 31.2 Å². The highest BCUT2D eigenvalue weighted by atomic mass is 79.9. The van der Waals surface area contributed by atoms with Gasteiger partial charge in [-0.15, -0.1) is 0 Å². The molecule has 0 amide bonds. The fraction of sp³-hybridized carbons (Fsp3) is 0.545. The number of rotatable bonds is 2. The quantitative estimate of drug-likeness (QED) is 0.807. The number of halogens is 1. The highest BCUT2D eigenvalue weighted by Crippen LogP contribution is 2.38. The van der Waals surface area contributed by atoms with Crippen molar-refractivity contribution < 1.29 is 4.74 Å². The van der Waals surface area contributed by atoms with Crippen LogP contribution in [0.4, 0.5) is 0 Å². The predicted octanol–water partition coefficient (Wildman–Crippen LogP) is 3.51. The van der Waals surface area contributed by atoms with Crippen LogP contribution in [-0.2, 0) is 0 Å². The molecule has 1 aliphatic rings. The number of nitrogens with zero attached hydrogens (tertiary/aromatic N) is 1. The van der Waals surface area contributed by atoms with E-state index in [1.807, 2.05) is 0 Å². The third-order valence-corrected chi connectivity index (χ3v) is 3.27. The van der Waals surface area contributed by atoms with Crippen LogP contribution in [0.5, 0.6) is 5.88 Å². The molecule has 0 N–H and O–H groups in total. The molecule has 1 heterocycles. The summed E-state index contributed by atoms with van der Waals surface area (Å²) in [6.07, 6.45) is 7.00. The first-order valence-corrected chi connectivity index (χ1v) is 5.80. The lowest BCUT2D eigenvalue weighted by Gasteiger charge is -2.13. The molecule has 0 saturated heterocycles. The Labute approximate surface area is 92.8 Å². The summed E-state index contributed by atoms with van der Waals surface area (Å²) < 4.78 is 6.32. The molecule has 2 rings (SSSR count). The highest BCUT2D eigenvalue weighted by Gasteiger charge is 2.21. The molecule has 0 spiro atoms. The van der Waals surface area contributed by atoms with E-state index in [0.717, 1.165) is 10.4 Å². The molecule has 0 unspecified atom stereocenters. The fourth-order valence-corrected chi connectivity index (χ4v) is 2.49. The van der Waals surface area contributed by atoms with Gasteiger partial charge in [0.2, 0.25) is 5.88 Å². The number of pyridine rings is 1. The van der Waals surface area contributed by atoms with Crippen LogP contribution in [-0.4, -0.2) is 12.1 Å². The van der Waals surface area contributed by atoms with Crippen LogP contribution in [0.25, 0.3) is 0 Å².